The summed E-state index contributed by atoms with van der Waals surface area (Å²) in [4.78, 5) is 0. The Bertz CT molecular complexity index is 119. The zero-order valence-corrected chi connectivity index (χ0v) is 9.02. The molecule has 84 valence electrons. The van der Waals surface area contributed by atoms with Gasteiger partial charge >= 0.3 is 0 Å². The maximum atomic E-state index is 5.48. The third kappa shape index (κ3) is 5.54. The minimum atomic E-state index is 0.626. The van der Waals surface area contributed by atoms with Gasteiger partial charge in [-0.05, 0) is 19.4 Å². The molecule has 0 aliphatic carbocycles. The molecule has 0 spiro atoms. The highest BCUT2D eigenvalue weighted by Gasteiger charge is 2.07. The van der Waals surface area contributed by atoms with E-state index in [0.29, 0.717) is 6.04 Å². The molecular formula is C10H24N4. The van der Waals surface area contributed by atoms with Crippen LogP contribution in [0.1, 0.15) is 19.3 Å². The van der Waals surface area contributed by atoms with E-state index in [2.05, 4.69) is 16.0 Å². The highest BCUT2D eigenvalue weighted by atomic mass is 15.0. The van der Waals surface area contributed by atoms with E-state index in [1.54, 1.807) is 0 Å². The number of rotatable bonds is 4. The first-order chi connectivity index (χ1) is 6.93. The smallest absolute Gasteiger partial charge is 0.0193 e. The van der Waals surface area contributed by atoms with Crippen LogP contribution >= 0.6 is 0 Å². The van der Waals surface area contributed by atoms with Crippen LogP contribution < -0.4 is 21.7 Å². The van der Waals surface area contributed by atoms with Crippen molar-refractivity contribution in [1.29, 1.82) is 0 Å². The molecule has 1 aliphatic heterocycles. The first-order valence-electron chi connectivity index (χ1n) is 5.78. The number of hydrogen-bond acceptors (Lipinski definition) is 4. The SMILES string of the molecule is NCCCC[C@H]1CNCCNCCN1. The summed E-state index contributed by atoms with van der Waals surface area (Å²) in [6, 6.07) is 0.626. The van der Waals surface area contributed by atoms with Crippen molar-refractivity contribution >= 4 is 0 Å². The summed E-state index contributed by atoms with van der Waals surface area (Å²) in [7, 11) is 0. The van der Waals surface area contributed by atoms with Gasteiger partial charge in [0.05, 0.1) is 0 Å². The second-order valence-electron chi connectivity index (χ2n) is 3.89. The van der Waals surface area contributed by atoms with Crippen molar-refractivity contribution in [3.63, 3.8) is 0 Å². The Morgan fingerprint density at radius 1 is 1.00 bits per heavy atom. The Balaban J connectivity index is 2.12. The molecule has 0 radical (unpaired) electrons. The van der Waals surface area contributed by atoms with Crippen LogP contribution in [0.25, 0.3) is 0 Å². The van der Waals surface area contributed by atoms with Gasteiger partial charge < -0.3 is 21.7 Å². The third-order valence-corrected chi connectivity index (χ3v) is 2.61. The molecule has 0 bridgehead atoms. The van der Waals surface area contributed by atoms with E-state index in [1.165, 1.54) is 12.8 Å². The van der Waals surface area contributed by atoms with Crippen molar-refractivity contribution in [3.8, 4) is 0 Å². The van der Waals surface area contributed by atoms with Crippen LogP contribution in [0.5, 0.6) is 0 Å². The zero-order valence-electron chi connectivity index (χ0n) is 9.02. The number of nitrogens with one attached hydrogen (secondary N) is 3. The molecule has 1 saturated heterocycles. The second-order valence-corrected chi connectivity index (χ2v) is 3.89. The van der Waals surface area contributed by atoms with Crippen LogP contribution in [0, 0.1) is 0 Å². The van der Waals surface area contributed by atoms with E-state index in [1.807, 2.05) is 0 Å². The van der Waals surface area contributed by atoms with Gasteiger partial charge in [0.2, 0.25) is 0 Å². The van der Waals surface area contributed by atoms with E-state index in [9.17, 15) is 0 Å². The molecule has 0 amide bonds. The summed E-state index contributed by atoms with van der Waals surface area (Å²) in [6.07, 6.45) is 3.63. The minimum absolute atomic E-state index is 0.626. The van der Waals surface area contributed by atoms with Crippen LogP contribution in [0.2, 0.25) is 0 Å². The number of unbranched alkanes of at least 4 members (excludes halogenated alkanes) is 1. The normalized spacial score (nSPS) is 25.1. The molecule has 1 aliphatic rings. The zero-order chi connectivity index (χ0) is 10.1. The molecule has 4 heteroatoms. The average Bonchev–Trinajstić information content (AvgIpc) is 2.32. The fraction of sp³-hybridized carbons (Fsp3) is 1.00. The lowest BCUT2D eigenvalue weighted by atomic mass is 10.1. The Morgan fingerprint density at radius 3 is 2.64 bits per heavy atom. The molecule has 1 rings (SSSR count). The lowest BCUT2D eigenvalue weighted by molar-refractivity contribution is 0.450. The van der Waals surface area contributed by atoms with E-state index in [-0.39, 0.29) is 0 Å². The molecule has 0 aromatic carbocycles. The van der Waals surface area contributed by atoms with Crippen molar-refractivity contribution in [2.45, 2.75) is 25.3 Å². The largest absolute Gasteiger partial charge is 0.330 e. The third-order valence-electron chi connectivity index (χ3n) is 2.61. The quantitative estimate of drug-likeness (QED) is 0.452. The molecule has 4 nitrogen and oxygen atoms in total. The molecule has 1 atom stereocenters. The summed E-state index contributed by atoms with van der Waals surface area (Å²) in [5.74, 6) is 0. The first kappa shape index (κ1) is 11.9. The molecule has 0 saturated carbocycles. The van der Waals surface area contributed by atoms with Crippen LogP contribution in [0.15, 0.2) is 0 Å². The summed E-state index contributed by atoms with van der Waals surface area (Å²) in [6.45, 7) is 6.23. The van der Waals surface area contributed by atoms with Crippen LogP contribution in [-0.2, 0) is 0 Å². The van der Waals surface area contributed by atoms with Crippen molar-refractivity contribution in [3.05, 3.63) is 0 Å². The van der Waals surface area contributed by atoms with Gasteiger partial charge in [-0.1, -0.05) is 6.42 Å². The van der Waals surface area contributed by atoms with Crippen molar-refractivity contribution in [1.82, 2.24) is 16.0 Å². The number of hydrogen-bond donors (Lipinski definition) is 4. The van der Waals surface area contributed by atoms with E-state index < -0.39 is 0 Å². The van der Waals surface area contributed by atoms with Crippen LogP contribution in [-0.4, -0.2) is 45.3 Å². The molecule has 5 N–H and O–H groups in total. The average molecular weight is 200 g/mol. The summed E-state index contributed by atoms with van der Waals surface area (Å²) < 4.78 is 0. The second kappa shape index (κ2) is 8.17. The monoisotopic (exact) mass is 200 g/mol. The van der Waals surface area contributed by atoms with Gasteiger partial charge in [0.25, 0.3) is 0 Å². The fourth-order valence-electron chi connectivity index (χ4n) is 1.75. The highest BCUT2D eigenvalue weighted by Crippen LogP contribution is 1.99. The van der Waals surface area contributed by atoms with E-state index in [4.69, 9.17) is 5.73 Å². The Labute approximate surface area is 87.0 Å². The molecule has 0 aromatic rings. The summed E-state index contributed by atoms with van der Waals surface area (Å²) in [5.41, 5.74) is 5.48. The summed E-state index contributed by atoms with van der Waals surface area (Å²) >= 11 is 0. The Morgan fingerprint density at radius 2 is 1.79 bits per heavy atom. The lowest BCUT2D eigenvalue weighted by Crippen LogP contribution is -2.39. The van der Waals surface area contributed by atoms with Gasteiger partial charge in [-0.25, -0.2) is 0 Å². The topological polar surface area (TPSA) is 62.1 Å². The predicted molar refractivity (Wildman–Crippen MR) is 60.4 cm³/mol. The minimum Gasteiger partial charge on any atom is -0.330 e. The Kier molecular flexibility index (Phi) is 6.95. The van der Waals surface area contributed by atoms with Gasteiger partial charge in [0.1, 0.15) is 0 Å². The van der Waals surface area contributed by atoms with Gasteiger partial charge in [-0.2, -0.15) is 0 Å². The van der Waals surface area contributed by atoms with E-state index >= 15 is 0 Å². The van der Waals surface area contributed by atoms with Crippen molar-refractivity contribution in [2.24, 2.45) is 5.73 Å². The molecular weight excluding hydrogens is 176 g/mol. The van der Waals surface area contributed by atoms with Crippen LogP contribution in [0.3, 0.4) is 0 Å². The van der Waals surface area contributed by atoms with Gasteiger partial charge in [-0.15, -0.1) is 0 Å². The Hall–Kier alpha value is -0.160. The standard InChI is InChI=1S/C10H24N4/c11-4-2-1-3-10-9-13-6-5-12-7-8-14-10/h10,12-14H,1-9,11H2/t10-/m0/s1. The molecule has 1 fully saturated rings. The van der Waals surface area contributed by atoms with Crippen molar-refractivity contribution in [2.75, 3.05) is 39.3 Å². The predicted octanol–water partition coefficient (Wildman–Crippen LogP) is -0.734. The summed E-state index contributed by atoms with van der Waals surface area (Å²) in [5, 5.41) is 10.4. The van der Waals surface area contributed by atoms with Crippen LogP contribution in [0.4, 0.5) is 0 Å². The van der Waals surface area contributed by atoms with Crippen molar-refractivity contribution < 1.29 is 0 Å². The molecule has 14 heavy (non-hydrogen) atoms. The van der Waals surface area contributed by atoms with E-state index in [0.717, 1.165) is 45.7 Å². The lowest BCUT2D eigenvalue weighted by Gasteiger charge is -2.17. The highest BCUT2D eigenvalue weighted by molar-refractivity contribution is 4.72. The fourth-order valence-corrected chi connectivity index (χ4v) is 1.75. The maximum absolute atomic E-state index is 5.48. The van der Waals surface area contributed by atoms with Gasteiger partial charge in [-0.3, -0.25) is 0 Å². The first-order valence-corrected chi connectivity index (χ1v) is 5.78. The number of nitrogens with two attached hydrogens (primary N) is 1. The molecule has 1 heterocycles. The van der Waals surface area contributed by atoms with Gasteiger partial charge in [0.15, 0.2) is 0 Å². The van der Waals surface area contributed by atoms with Gasteiger partial charge in [0, 0.05) is 38.8 Å². The maximum Gasteiger partial charge on any atom is 0.0193 e. The molecule has 0 aromatic heterocycles. The molecule has 0 unspecified atom stereocenters.